The van der Waals surface area contributed by atoms with Crippen molar-refractivity contribution in [3.63, 3.8) is 0 Å². The predicted molar refractivity (Wildman–Crippen MR) is 119 cm³/mol. The van der Waals surface area contributed by atoms with Gasteiger partial charge in [0.25, 0.3) is 0 Å². The number of hydrogen-bond donors (Lipinski definition) is 1. The maximum atomic E-state index is 12.6. The number of hydrogen-bond acceptors (Lipinski definition) is 4. The second kappa shape index (κ2) is 9.74. The van der Waals surface area contributed by atoms with E-state index in [2.05, 4.69) is 35.3 Å². The summed E-state index contributed by atoms with van der Waals surface area (Å²) < 4.78 is 2.01. The van der Waals surface area contributed by atoms with Gasteiger partial charge in [-0.05, 0) is 55.7 Å². The number of pyridine rings is 1. The number of nitrogens with zero attached hydrogens (tertiary/aromatic N) is 3. The Morgan fingerprint density at radius 1 is 1.17 bits per heavy atom. The number of benzene rings is 1. The highest BCUT2D eigenvalue weighted by Gasteiger charge is 2.15. The average molecular weight is 409 g/mol. The molecule has 1 N–H and O–H groups in total. The quantitative estimate of drug-likeness (QED) is 0.532. The molecule has 3 rings (SSSR count). The van der Waals surface area contributed by atoms with E-state index in [-0.39, 0.29) is 5.91 Å². The molecule has 29 heavy (non-hydrogen) atoms. The van der Waals surface area contributed by atoms with E-state index in [1.807, 2.05) is 55.1 Å². The lowest BCUT2D eigenvalue weighted by Crippen LogP contribution is -2.15. The second-order valence-electron chi connectivity index (χ2n) is 7.62. The van der Waals surface area contributed by atoms with Crippen LogP contribution in [0.5, 0.6) is 0 Å². The van der Waals surface area contributed by atoms with Crippen LogP contribution in [-0.2, 0) is 23.5 Å². The zero-order valence-corrected chi connectivity index (χ0v) is 18.3. The van der Waals surface area contributed by atoms with Gasteiger partial charge in [-0.1, -0.05) is 19.9 Å². The second-order valence-corrected chi connectivity index (χ2v) is 8.67. The maximum Gasteiger partial charge on any atom is 0.228 e. The lowest BCUT2D eigenvalue weighted by Gasteiger charge is -2.09. The van der Waals surface area contributed by atoms with Gasteiger partial charge in [0.05, 0.1) is 12.1 Å². The SMILES string of the molecule is Cc1nn(CC(C)C)c(C)c1CC(=O)Nc1ccc(SCc2cccnc2)cc1. The number of anilines is 1. The molecule has 6 heteroatoms. The number of thioether (sulfide) groups is 1. The molecular formula is C23H28N4OS. The molecule has 0 aliphatic heterocycles. The van der Waals surface area contributed by atoms with Gasteiger partial charge in [0.2, 0.25) is 5.91 Å². The van der Waals surface area contributed by atoms with E-state index in [9.17, 15) is 4.79 Å². The first-order chi connectivity index (χ1) is 13.9. The van der Waals surface area contributed by atoms with Gasteiger partial charge in [0.15, 0.2) is 0 Å². The smallest absolute Gasteiger partial charge is 0.228 e. The summed E-state index contributed by atoms with van der Waals surface area (Å²) in [5, 5.41) is 7.60. The molecular weight excluding hydrogens is 380 g/mol. The van der Waals surface area contributed by atoms with E-state index in [1.54, 1.807) is 18.0 Å². The molecule has 1 aromatic carbocycles. The first kappa shape index (κ1) is 21.1. The Morgan fingerprint density at radius 3 is 2.59 bits per heavy atom. The van der Waals surface area contributed by atoms with E-state index in [1.165, 1.54) is 5.56 Å². The lowest BCUT2D eigenvalue weighted by molar-refractivity contribution is -0.115. The van der Waals surface area contributed by atoms with Crippen LogP contribution in [0.15, 0.2) is 53.7 Å². The molecule has 0 radical (unpaired) electrons. The summed E-state index contributed by atoms with van der Waals surface area (Å²) in [7, 11) is 0. The fourth-order valence-corrected chi connectivity index (χ4v) is 4.00. The Labute approximate surface area is 176 Å². The first-order valence-corrected chi connectivity index (χ1v) is 10.9. The number of amides is 1. The molecule has 0 spiro atoms. The van der Waals surface area contributed by atoms with Crippen molar-refractivity contribution in [3.8, 4) is 0 Å². The van der Waals surface area contributed by atoms with Crippen LogP contribution in [0, 0.1) is 19.8 Å². The van der Waals surface area contributed by atoms with Crippen LogP contribution in [0.4, 0.5) is 5.69 Å². The van der Waals surface area contributed by atoms with Crippen LogP contribution in [0.1, 0.15) is 36.4 Å². The number of nitrogens with one attached hydrogen (secondary N) is 1. The molecule has 0 fully saturated rings. The molecule has 0 atom stereocenters. The van der Waals surface area contributed by atoms with E-state index in [0.717, 1.165) is 39.8 Å². The Kier molecular flexibility index (Phi) is 7.09. The van der Waals surface area contributed by atoms with Crippen LogP contribution in [0.25, 0.3) is 0 Å². The van der Waals surface area contributed by atoms with Gasteiger partial charge in [-0.25, -0.2) is 0 Å². The van der Waals surface area contributed by atoms with Gasteiger partial charge in [0.1, 0.15) is 0 Å². The largest absolute Gasteiger partial charge is 0.326 e. The molecule has 0 aliphatic rings. The highest BCUT2D eigenvalue weighted by molar-refractivity contribution is 7.98. The van der Waals surface area contributed by atoms with E-state index in [0.29, 0.717) is 12.3 Å². The number of carbonyl (C=O) groups excluding carboxylic acids is 1. The third-order valence-electron chi connectivity index (χ3n) is 4.67. The molecule has 0 unspecified atom stereocenters. The molecule has 1 amide bonds. The summed E-state index contributed by atoms with van der Waals surface area (Å²) in [6, 6.07) is 12.0. The topological polar surface area (TPSA) is 59.8 Å². The van der Waals surface area contributed by atoms with Crippen LogP contribution in [0.3, 0.4) is 0 Å². The Hall–Kier alpha value is -2.60. The van der Waals surface area contributed by atoms with Crippen molar-refractivity contribution in [1.82, 2.24) is 14.8 Å². The van der Waals surface area contributed by atoms with E-state index < -0.39 is 0 Å². The maximum absolute atomic E-state index is 12.6. The standard InChI is InChI=1S/C23H28N4OS/c1-16(2)14-27-18(4)22(17(3)26-27)12-23(28)25-20-7-9-21(10-8-20)29-15-19-6-5-11-24-13-19/h5-11,13,16H,12,14-15H2,1-4H3,(H,25,28). The minimum atomic E-state index is -0.0175. The summed E-state index contributed by atoms with van der Waals surface area (Å²) >= 11 is 1.75. The average Bonchev–Trinajstić information content (AvgIpc) is 2.95. The lowest BCUT2D eigenvalue weighted by atomic mass is 10.1. The van der Waals surface area contributed by atoms with Gasteiger partial charge < -0.3 is 5.32 Å². The summed E-state index contributed by atoms with van der Waals surface area (Å²) in [4.78, 5) is 17.9. The minimum absolute atomic E-state index is 0.0175. The Bertz CT molecular complexity index is 949. The van der Waals surface area contributed by atoms with Crippen LogP contribution in [0.2, 0.25) is 0 Å². The molecule has 152 valence electrons. The highest BCUT2D eigenvalue weighted by atomic mass is 32.2. The Balaban J connectivity index is 1.56. The van der Waals surface area contributed by atoms with Crippen molar-refractivity contribution >= 4 is 23.4 Å². The van der Waals surface area contributed by atoms with Crippen molar-refractivity contribution in [2.75, 3.05) is 5.32 Å². The molecule has 5 nitrogen and oxygen atoms in total. The van der Waals surface area contributed by atoms with Crippen LogP contribution in [-0.4, -0.2) is 20.7 Å². The number of aromatic nitrogens is 3. The number of rotatable bonds is 8. The summed E-state index contributed by atoms with van der Waals surface area (Å²) in [6.45, 7) is 9.22. The summed E-state index contributed by atoms with van der Waals surface area (Å²) in [5.74, 6) is 1.37. The molecule has 3 aromatic rings. The van der Waals surface area contributed by atoms with Gasteiger partial charge in [0, 0.05) is 46.5 Å². The van der Waals surface area contributed by atoms with E-state index >= 15 is 0 Å². The van der Waals surface area contributed by atoms with Crippen molar-refractivity contribution in [2.45, 2.75) is 51.3 Å². The zero-order valence-electron chi connectivity index (χ0n) is 17.5. The molecule has 2 heterocycles. The minimum Gasteiger partial charge on any atom is -0.326 e. The first-order valence-electron chi connectivity index (χ1n) is 9.87. The third kappa shape index (κ3) is 5.94. The molecule has 2 aromatic heterocycles. The normalized spacial score (nSPS) is 11.1. The van der Waals surface area contributed by atoms with Gasteiger partial charge in [-0.15, -0.1) is 11.8 Å². The van der Waals surface area contributed by atoms with Gasteiger partial charge >= 0.3 is 0 Å². The molecule has 0 aliphatic carbocycles. The fraction of sp³-hybridized carbons (Fsp3) is 0.348. The fourth-order valence-electron chi connectivity index (χ4n) is 3.16. The van der Waals surface area contributed by atoms with Gasteiger partial charge in [-0.2, -0.15) is 5.10 Å². The summed E-state index contributed by atoms with van der Waals surface area (Å²) in [5.41, 5.74) is 5.03. The Morgan fingerprint density at radius 2 is 1.93 bits per heavy atom. The number of aryl methyl sites for hydroxylation is 1. The van der Waals surface area contributed by atoms with Crippen molar-refractivity contribution in [2.24, 2.45) is 5.92 Å². The summed E-state index contributed by atoms with van der Waals surface area (Å²) in [6.07, 6.45) is 4.01. The molecule has 0 saturated heterocycles. The molecule has 0 bridgehead atoms. The third-order valence-corrected chi connectivity index (χ3v) is 5.76. The van der Waals surface area contributed by atoms with E-state index in [4.69, 9.17) is 0 Å². The van der Waals surface area contributed by atoms with Crippen molar-refractivity contribution in [1.29, 1.82) is 0 Å². The monoisotopic (exact) mass is 408 g/mol. The predicted octanol–water partition coefficient (Wildman–Crippen LogP) is 5.02. The van der Waals surface area contributed by atoms with Crippen LogP contribution >= 0.6 is 11.8 Å². The van der Waals surface area contributed by atoms with Crippen molar-refractivity contribution in [3.05, 3.63) is 71.3 Å². The number of carbonyl (C=O) groups is 1. The molecule has 0 saturated carbocycles. The van der Waals surface area contributed by atoms with Gasteiger partial charge in [-0.3, -0.25) is 14.5 Å². The van der Waals surface area contributed by atoms with Crippen molar-refractivity contribution < 1.29 is 4.79 Å². The highest BCUT2D eigenvalue weighted by Crippen LogP contribution is 2.24. The zero-order chi connectivity index (χ0) is 20.8. The van der Waals surface area contributed by atoms with Crippen LogP contribution < -0.4 is 5.32 Å².